The maximum Gasteiger partial charge on any atom is 0.348 e. The molecule has 2 aromatic rings. The molecule has 5 heteroatoms. The van der Waals surface area contributed by atoms with E-state index in [1.165, 1.54) is 18.4 Å². The number of hydrogen-bond acceptors (Lipinski definition) is 4. The van der Waals surface area contributed by atoms with Gasteiger partial charge in [0.15, 0.2) is 0 Å². The Morgan fingerprint density at radius 2 is 2.06 bits per heavy atom. The van der Waals surface area contributed by atoms with Crippen LogP contribution in [-0.2, 0) is 4.74 Å². The second-order valence-corrected chi connectivity index (χ2v) is 4.62. The first-order valence-corrected chi connectivity index (χ1v) is 5.70. The zero-order valence-corrected chi connectivity index (χ0v) is 10.3. The monoisotopic (exact) mass is 256 g/mol. The van der Waals surface area contributed by atoms with Gasteiger partial charge in [-0.05, 0) is 23.6 Å². The number of rotatable bonds is 2. The molecule has 0 unspecified atom stereocenters. The van der Waals surface area contributed by atoms with Gasteiger partial charge in [-0.2, -0.15) is 0 Å². The van der Waals surface area contributed by atoms with Crippen LogP contribution in [0.3, 0.4) is 0 Å². The Morgan fingerprint density at radius 3 is 2.69 bits per heavy atom. The number of ether oxygens (including phenoxy) is 2. The van der Waals surface area contributed by atoms with Gasteiger partial charge in [0, 0.05) is 4.70 Å². The van der Waals surface area contributed by atoms with Crippen LogP contribution < -0.4 is 4.74 Å². The Kier molecular flexibility index (Phi) is 3.03. The van der Waals surface area contributed by atoms with Crippen molar-refractivity contribution in [2.45, 2.75) is 0 Å². The average Bonchev–Trinajstić information content (AvgIpc) is 2.69. The molecule has 0 radical (unpaired) electrons. The number of hydrogen-bond donors (Lipinski definition) is 0. The summed E-state index contributed by atoms with van der Waals surface area (Å²) in [5, 5.41) is 1.44. The van der Waals surface area contributed by atoms with Crippen molar-refractivity contribution < 1.29 is 14.3 Å². The van der Waals surface area contributed by atoms with Gasteiger partial charge >= 0.3 is 5.97 Å². The minimum atomic E-state index is -0.337. The summed E-state index contributed by atoms with van der Waals surface area (Å²) in [6.45, 7) is 0. The van der Waals surface area contributed by atoms with Crippen molar-refractivity contribution in [2.75, 3.05) is 14.2 Å². The van der Waals surface area contributed by atoms with Crippen molar-refractivity contribution in [3.05, 3.63) is 28.1 Å². The smallest absolute Gasteiger partial charge is 0.348 e. The molecular formula is C11H9ClO3S. The van der Waals surface area contributed by atoms with Crippen LogP contribution in [0.5, 0.6) is 5.75 Å². The molecule has 0 N–H and O–H groups in total. The van der Waals surface area contributed by atoms with Crippen molar-refractivity contribution in [1.29, 1.82) is 0 Å². The van der Waals surface area contributed by atoms with E-state index in [4.69, 9.17) is 16.3 Å². The van der Waals surface area contributed by atoms with E-state index in [0.29, 0.717) is 15.6 Å². The summed E-state index contributed by atoms with van der Waals surface area (Å²) in [4.78, 5) is 11.9. The van der Waals surface area contributed by atoms with Crippen LogP contribution in [0.4, 0.5) is 0 Å². The first kappa shape index (κ1) is 11.2. The standard InChI is InChI=1S/C11H9ClO3S/c1-14-8-5-9-6(3-7(8)12)4-10(16-9)11(13)15-2/h3-5H,1-2H3. The highest BCUT2D eigenvalue weighted by Crippen LogP contribution is 2.34. The summed E-state index contributed by atoms with van der Waals surface area (Å²) >= 11 is 7.34. The lowest BCUT2D eigenvalue weighted by atomic mass is 10.2. The molecule has 0 atom stereocenters. The van der Waals surface area contributed by atoms with Crippen LogP contribution in [0.15, 0.2) is 18.2 Å². The van der Waals surface area contributed by atoms with E-state index in [1.807, 2.05) is 6.07 Å². The number of esters is 1. The van der Waals surface area contributed by atoms with Crippen molar-refractivity contribution in [3.8, 4) is 5.75 Å². The van der Waals surface area contributed by atoms with Gasteiger partial charge in [0.1, 0.15) is 10.6 Å². The highest BCUT2D eigenvalue weighted by atomic mass is 35.5. The summed E-state index contributed by atoms with van der Waals surface area (Å²) in [5.41, 5.74) is 0. The molecule has 1 aromatic heterocycles. The van der Waals surface area contributed by atoms with E-state index in [9.17, 15) is 4.79 Å². The molecule has 0 aliphatic heterocycles. The Morgan fingerprint density at radius 1 is 1.31 bits per heavy atom. The molecule has 1 aromatic carbocycles. The lowest BCUT2D eigenvalue weighted by molar-refractivity contribution is 0.0606. The minimum absolute atomic E-state index is 0.337. The topological polar surface area (TPSA) is 35.5 Å². The minimum Gasteiger partial charge on any atom is -0.495 e. The van der Waals surface area contributed by atoms with Crippen LogP contribution in [0.25, 0.3) is 10.1 Å². The molecule has 1 heterocycles. The van der Waals surface area contributed by atoms with Gasteiger partial charge < -0.3 is 9.47 Å². The predicted molar refractivity (Wildman–Crippen MR) is 64.7 cm³/mol. The Bertz CT molecular complexity index is 547. The lowest BCUT2D eigenvalue weighted by Gasteiger charge is -2.01. The Labute approximate surface area is 102 Å². The fourth-order valence-corrected chi connectivity index (χ4v) is 2.64. The summed E-state index contributed by atoms with van der Waals surface area (Å²) in [7, 11) is 2.92. The van der Waals surface area contributed by atoms with Crippen molar-refractivity contribution >= 4 is 39.0 Å². The Hall–Kier alpha value is -1.26. The second kappa shape index (κ2) is 4.31. The number of benzene rings is 1. The third kappa shape index (κ3) is 1.86. The highest BCUT2D eigenvalue weighted by Gasteiger charge is 2.12. The first-order valence-electron chi connectivity index (χ1n) is 4.51. The quantitative estimate of drug-likeness (QED) is 0.773. The van der Waals surface area contributed by atoms with Gasteiger partial charge in [0.2, 0.25) is 0 Å². The number of methoxy groups -OCH3 is 2. The fourth-order valence-electron chi connectivity index (χ4n) is 1.40. The summed E-state index contributed by atoms with van der Waals surface area (Å²) < 4.78 is 10.7. The molecule has 16 heavy (non-hydrogen) atoms. The molecule has 0 saturated carbocycles. The zero-order chi connectivity index (χ0) is 11.7. The van der Waals surface area contributed by atoms with Gasteiger partial charge in [-0.25, -0.2) is 4.79 Å². The van der Waals surface area contributed by atoms with Crippen LogP contribution in [-0.4, -0.2) is 20.2 Å². The number of thiophene rings is 1. The summed E-state index contributed by atoms with van der Waals surface area (Å²) in [6.07, 6.45) is 0. The van der Waals surface area contributed by atoms with E-state index < -0.39 is 0 Å². The van der Waals surface area contributed by atoms with Crippen LogP contribution in [0.2, 0.25) is 5.02 Å². The molecule has 0 saturated heterocycles. The van der Waals surface area contributed by atoms with Crippen molar-refractivity contribution in [2.24, 2.45) is 0 Å². The van der Waals surface area contributed by atoms with Crippen molar-refractivity contribution in [1.82, 2.24) is 0 Å². The maximum absolute atomic E-state index is 11.3. The highest BCUT2D eigenvalue weighted by molar-refractivity contribution is 7.20. The van der Waals surface area contributed by atoms with E-state index in [2.05, 4.69) is 4.74 Å². The second-order valence-electron chi connectivity index (χ2n) is 3.13. The van der Waals surface area contributed by atoms with Gasteiger partial charge in [0.05, 0.1) is 19.2 Å². The number of carbonyl (C=O) groups is 1. The molecule has 3 nitrogen and oxygen atoms in total. The SMILES string of the molecule is COC(=O)c1cc2cc(Cl)c(OC)cc2s1. The average molecular weight is 257 g/mol. The molecule has 0 spiro atoms. The zero-order valence-electron chi connectivity index (χ0n) is 8.74. The Balaban J connectivity index is 2.58. The normalized spacial score (nSPS) is 10.4. The molecule has 2 rings (SSSR count). The predicted octanol–water partition coefficient (Wildman–Crippen LogP) is 3.35. The summed E-state index contributed by atoms with van der Waals surface area (Å²) in [5.74, 6) is 0.267. The van der Waals surface area contributed by atoms with Gasteiger partial charge in [-0.3, -0.25) is 0 Å². The van der Waals surface area contributed by atoms with E-state index in [0.717, 1.165) is 10.1 Å². The third-order valence-corrected chi connectivity index (χ3v) is 3.55. The first-order chi connectivity index (χ1) is 7.65. The van der Waals surface area contributed by atoms with E-state index in [-0.39, 0.29) is 5.97 Å². The molecule has 0 bridgehead atoms. The largest absolute Gasteiger partial charge is 0.495 e. The van der Waals surface area contributed by atoms with Crippen LogP contribution >= 0.6 is 22.9 Å². The molecular weight excluding hydrogens is 248 g/mol. The molecule has 0 aliphatic rings. The summed E-state index contributed by atoms with van der Waals surface area (Å²) in [6, 6.07) is 5.35. The van der Waals surface area contributed by atoms with Crippen molar-refractivity contribution in [3.63, 3.8) is 0 Å². The fraction of sp³-hybridized carbons (Fsp3) is 0.182. The number of carbonyl (C=O) groups excluding carboxylic acids is 1. The molecule has 0 aliphatic carbocycles. The van der Waals surface area contributed by atoms with Crippen LogP contribution in [0.1, 0.15) is 9.67 Å². The van der Waals surface area contributed by atoms with Crippen LogP contribution in [0, 0.1) is 0 Å². The number of fused-ring (bicyclic) bond motifs is 1. The lowest BCUT2D eigenvalue weighted by Crippen LogP contribution is -1.96. The molecule has 0 amide bonds. The number of halogens is 1. The molecule has 0 fully saturated rings. The van der Waals surface area contributed by atoms with E-state index >= 15 is 0 Å². The van der Waals surface area contributed by atoms with Gasteiger partial charge in [-0.1, -0.05) is 11.6 Å². The van der Waals surface area contributed by atoms with Gasteiger partial charge in [0.25, 0.3) is 0 Å². The molecule has 84 valence electrons. The van der Waals surface area contributed by atoms with E-state index in [1.54, 1.807) is 19.2 Å². The third-order valence-electron chi connectivity index (χ3n) is 2.18. The maximum atomic E-state index is 11.3. The van der Waals surface area contributed by atoms with Gasteiger partial charge in [-0.15, -0.1) is 11.3 Å².